The maximum Gasteiger partial charge on any atom is 0.243 e. The first-order valence-electron chi connectivity index (χ1n) is 6.92. The Balaban J connectivity index is 2.11. The highest BCUT2D eigenvalue weighted by molar-refractivity contribution is 7.89. The van der Waals surface area contributed by atoms with Crippen molar-refractivity contribution in [2.24, 2.45) is 11.7 Å². The number of aliphatic hydroxyl groups is 1. The number of rotatable bonds is 4. The number of piperidine rings is 1. The summed E-state index contributed by atoms with van der Waals surface area (Å²) in [6.45, 7) is 3.10. The number of aliphatic hydroxyl groups excluding tert-OH is 1. The van der Waals surface area contributed by atoms with Gasteiger partial charge in [0.25, 0.3) is 0 Å². The van der Waals surface area contributed by atoms with E-state index in [1.165, 1.54) is 4.31 Å². The van der Waals surface area contributed by atoms with E-state index in [0.717, 1.165) is 5.56 Å². The summed E-state index contributed by atoms with van der Waals surface area (Å²) in [7, 11) is -3.43. The van der Waals surface area contributed by atoms with E-state index < -0.39 is 10.0 Å². The van der Waals surface area contributed by atoms with Crippen LogP contribution in [0.3, 0.4) is 0 Å². The first kappa shape index (κ1) is 15.4. The quantitative estimate of drug-likeness (QED) is 0.866. The minimum atomic E-state index is -3.43. The van der Waals surface area contributed by atoms with Gasteiger partial charge in [0.1, 0.15) is 0 Å². The van der Waals surface area contributed by atoms with Crippen molar-refractivity contribution >= 4 is 10.0 Å². The molecule has 1 aliphatic rings. The van der Waals surface area contributed by atoms with Gasteiger partial charge >= 0.3 is 0 Å². The van der Waals surface area contributed by atoms with Gasteiger partial charge in [0, 0.05) is 19.6 Å². The topological polar surface area (TPSA) is 83.6 Å². The fourth-order valence-corrected chi connectivity index (χ4v) is 4.01. The normalized spacial score (nSPS) is 19.9. The maximum atomic E-state index is 12.5. The third kappa shape index (κ3) is 3.20. The third-order valence-corrected chi connectivity index (χ3v) is 5.89. The molecule has 1 unspecified atom stereocenters. The zero-order valence-corrected chi connectivity index (χ0v) is 12.5. The molecule has 1 atom stereocenters. The maximum absolute atomic E-state index is 12.5. The molecule has 0 amide bonds. The van der Waals surface area contributed by atoms with Crippen LogP contribution in [-0.2, 0) is 16.6 Å². The highest BCUT2D eigenvalue weighted by Crippen LogP contribution is 2.25. The van der Waals surface area contributed by atoms with Crippen LogP contribution in [-0.4, -0.2) is 37.0 Å². The second-order valence-electron chi connectivity index (χ2n) is 5.33. The fourth-order valence-electron chi connectivity index (χ4n) is 2.55. The molecule has 0 aliphatic carbocycles. The van der Waals surface area contributed by atoms with Crippen LogP contribution < -0.4 is 5.73 Å². The molecule has 3 N–H and O–H groups in total. The fraction of sp³-hybridized carbons (Fsp3) is 0.571. The lowest BCUT2D eigenvalue weighted by Crippen LogP contribution is -2.40. The van der Waals surface area contributed by atoms with Crippen LogP contribution in [0.4, 0.5) is 0 Å². The molecule has 0 aromatic heterocycles. The summed E-state index contributed by atoms with van der Waals surface area (Å²) in [5, 5.41) is 9.56. The van der Waals surface area contributed by atoms with E-state index in [-0.39, 0.29) is 12.0 Å². The first-order chi connectivity index (χ1) is 9.45. The molecule has 1 heterocycles. The molecule has 0 saturated carbocycles. The highest BCUT2D eigenvalue weighted by atomic mass is 32.2. The Morgan fingerprint density at radius 3 is 2.30 bits per heavy atom. The SMILES string of the molecule is CC(O)C1CCN(S(=O)(=O)c2ccc(CN)cc2)CC1. The van der Waals surface area contributed by atoms with Crippen LogP contribution in [0.5, 0.6) is 0 Å². The van der Waals surface area contributed by atoms with Crippen LogP contribution in [0.2, 0.25) is 0 Å². The Morgan fingerprint density at radius 2 is 1.85 bits per heavy atom. The molecule has 0 bridgehead atoms. The number of sulfonamides is 1. The van der Waals surface area contributed by atoms with Crippen molar-refractivity contribution in [1.82, 2.24) is 4.31 Å². The molecule has 6 heteroatoms. The molecule has 0 spiro atoms. The Hall–Kier alpha value is -0.950. The van der Waals surface area contributed by atoms with Gasteiger partial charge in [0.2, 0.25) is 10.0 Å². The Labute approximate surface area is 120 Å². The highest BCUT2D eigenvalue weighted by Gasteiger charge is 2.30. The van der Waals surface area contributed by atoms with Gasteiger partial charge < -0.3 is 10.8 Å². The van der Waals surface area contributed by atoms with Gasteiger partial charge in [-0.3, -0.25) is 0 Å². The first-order valence-corrected chi connectivity index (χ1v) is 8.36. The molecular weight excluding hydrogens is 276 g/mol. The van der Waals surface area contributed by atoms with Crippen molar-refractivity contribution < 1.29 is 13.5 Å². The van der Waals surface area contributed by atoms with E-state index >= 15 is 0 Å². The molecule has 1 saturated heterocycles. The predicted octanol–water partition coefficient (Wildman–Crippen LogP) is 0.927. The van der Waals surface area contributed by atoms with Crippen LogP contribution in [0.25, 0.3) is 0 Å². The number of nitrogens with two attached hydrogens (primary N) is 1. The number of hydrogen-bond acceptors (Lipinski definition) is 4. The Morgan fingerprint density at radius 1 is 1.30 bits per heavy atom. The zero-order valence-electron chi connectivity index (χ0n) is 11.7. The molecule has 1 aromatic carbocycles. The van der Waals surface area contributed by atoms with E-state index in [0.29, 0.717) is 37.4 Å². The summed E-state index contributed by atoms with van der Waals surface area (Å²) >= 11 is 0. The number of nitrogens with zero attached hydrogens (tertiary/aromatic N) is 1. The summed E-state index contributed by atoms with van der Waals surface area (Å²) in [6.07, 6.45) is 1.04. The van der Waals surface area contributed by atoms with Gasteiger partial charge in [-0.2, -0.15) is 4.31 Å². The third-order valence-electron chi connectivity index (χ3n) is 3.98. The molecule has 1 aliphatic heterocycles. The average Bonchev–Trinajstić information content (AvgIpc) is 2.47. The van der Waals surface area contributed by atoms with E-state index in [9.17, 15) is 13.5 Å². The lowest BCUT2D eigenvalue weighted by atomic mass is 9.93. The van der Waals surface area contributed by atoms with Crippen LogP contribution >= 0.6 is 0 Å². The molecule has 1 aromatic rings. The van der Waals surface area contributed by atoms with Gasteiger partial charge in [-0.1, -0.05) is 12.1 Å². The molecule has 0 radical (unpaired) electrons. The van der Waals surface area contributed by atoms with Gasteiger partial charge in [0.15, 0.2) is 0 Å². The minimum absolute atomic E-state index is 0.195. The molecule has 1 fully saturated rings. The number of hydrogen-bond donors (Lipinski definition) is 2. The van der Waals surface area contributed by atoms with Crippen molar-refractivity contribution in [3.05, 3.63) is 29.8 Å². The second kappa shape index (κ2) is 6.22. The monoisotopic (exact) mass is 298 g/mol. The van der Waals surface area contributed by atoms with E-state index in [2.05, 4.69) is 0 Å². The summed E-state index contributed by atoms with van der Waals surface area (Å²) in [4.78, 5) is 0.310. The Bertz CT molecular complexity index is 532. The molecule has 20 heavy (non-hydrogen) atoms. The largest absolute Gasteiger partial charge is 0.393 e. The molecule has 112 valence electrons. The molecule has 2 rings (SSSR count). The smallest absolute Gasteiger partial charge is 0.243 e. The number of benzene rings is 1. The van der Waals surface area contributed by atoms with Crippen LogP contribution in [0.15, 0.2) is 29.2 Å². The lowest BCUT2D eigenvalue weighted by Gasteiger charge is -2.32. The van der Waals surface area contributed by atoms with E-state index in [1.54, 1.807) is 31.2 Å². The molecule has 5 nitrogen and oxygen atoms in total. The standard InChI is InChI=1S/C14H22N2O3S/c1-11(17)13-6-8-16(9-7-13)20(18,19)14-4-2-12(10-15)3-5-14/h2-5,11,13,17H,6-10,15H2,1H3. The minimum Gasteiger partial charge on any atom is -0.393 e. The summed E-state index contributed by atoms with van der Waals surface area (Å²) in [6, 6.07) is 6.71. The second-order valence-corrected chi connectivity index (χ2v) is 7.27. The van der Waals surface area contributed by atoms with Gasteiger partial charge in [-0.25, -0.2) is 8.42 Å². The van der Waals surface area contributed by atoms with Crippen molar-refractivity contribution in [2.45, 2.75) is 37.3 Å². The average molecular weight is 298 g/mol. The van der Waals surface area contributed by atoms with Crippen molar-refractivity contribution in [3.8, 4) is 0 Å². The van der Waals surface area contributed by atoms with Crippen molar-refractivity contribution in [1.29, 1.82) is 0 Å². The zero-order chi connectivity index (χ0) is 14.8. The molecular formula is C14H22N2O3S. The van der Waals surface area contributed by atoms with Gasteiger partial charge in [-0.15, -0.1) is 0 Å². The van der Waals surface area contributed by atoms with E-state index in [4.69, 9.17) is 5.73 Å². The van der Waals surface area contributed by atoms with Crippen LogP contribution in [0.1, 0.15) is 25.3 Å². The Kier molecular flexibility index (Phi) is 4.80. The summed E-state index contributed by atoms with van der Waals surface area (Å²) < 4.78 is 26.5. The summed E-state index contributed by atoms with van der Waals surface area (Å²) in [5.74, 6) is 0.195. The van der Waals surface area contributed by atoms with Crippen LogP contribution in [0, 0.1) is 5.92 Å². The predicted molar refractivity (Wildman–Crippen MR) is 77.5 cm³/mol. The lowest BCUT2D eigenvalue weighted by molar-refractivity contribution is 0.0912. The summed E-state index contributed by atoms with van der Waals surface area (Å²) in [5.41, 5.74) is 6.43. The van der Waals surface area contributed by atoms with Crippen molar-refractivity contribution in [3.63, 3.8) is 0 Å². The van der Waals surface area contributed by atoms with Gasteiger partial charge in [0.05, 0.1) is 11.0 Å². The van der Waals surface area contributed by atoms with E-state index in [1.807, 2.05) is 0 Å². The van der Waals surface area contributed by atoms with Crippen molar-refractivity contribution in [2.75, 3.05) is 13.1 Å². The van der Waals surface area contributed by atoms with Gasteiger partial charge in [-0.05, 0) is 43.4 Å².